The van der Waals surface area contributed by atoms with Crippen molar-refractivity contribution < 1.29 is 0 Å². The molecule has 0 fully saturated rings. The molecule has 0 atom stereocenters. The fraction of sp³-hybridized carbons (Fsp3) is 0.231. The zero-order valence-corrected chi connectivity index (χ0v) is 12.2. The summed E-state index contributed by atoms with van der Waals surface area (Å²) in [6.07, 6.45) is 2.06. The Morgan fingerprint density at radius 2 is 2.21 bits per heavy atom. The molecule has 96 valence electrons. The van der Waals surface area contributed by atoms with E-state index in [1.165, 1.54) is 15.3 Å². The van der Waals surface area contributed by atoms with Crippen LogP contribution in [0.25, 0.3) is 21.3 Å². The Morgan fingerprint density at radius 1 is 1.37 bits per heavy atom. The maximum absolute atomic E-state index is 12.3. The molecule has 4 rings (SSSR count). The first kappa shape index (κ1) is 11.6. The van der Waals surface area contributed by atoms with Gasteiger partial charge in [-0.3, -0.25) is 4.79 Å². The number of halogens is 1. The lowest BCUT2D eigenvalue weighted by atomic mass is 9.96. The van der Waals surface area contributed by atoms with Crippen LogP contribution in [0.3, 0.4) is 0 Å². The van der Waals surface area contributed by atoms with Gasteiger partial charge in [0.25, 0.3) is 5.56 Å². The van der Waals surface area contributed by atoms with E-state index >= 15 is 0 Å². The van der Waals surface area contributed by atoms with Gasteiger partial charge in [-0.1, -0.05) is 0 Å². The van der Waals surface area contributed by atoms with E-state index in [0.29, 0.717) is 5.82 Å². The Balaban J connectivity index is 2.13. The highest BCUT2D eigenvalue weighted by molar-refractivity contribution is 7.19. The second kappa shape index (κ2) is 4.16. The van der Waals surface area contributed by atoms with Gasteiger partial charge in [-0.05, 0) is 29.9 Å². The van der Waals surface area contributed by atoms with Crippen LogP contribution in [0.2, 0.25) is 0 Å². The zero-order valence-electron chi connectivity index (χ0n) is 9.83. The lowest BCUT2D eigenvalue weighted by Crippen LogP contribution is -2.11. The summed E-state index contributed by atoms with van der Waals surface area (Å²) in [4.78, 5) is 22.9. The summed E-state index contributed by atoms with van der Waals surface area (Å²) in [7, 11) is 0. The summed E-state index contributed by atoms with van der Waals surface area (Å²) < 4.78 is 0. The Bertz CT molecular complexity index is 846. The Kier molecular flexibility index (Phi) is 2.55. The highest BCUT2D eigenvalue weighted by Crippen LogP contribution is 2.43. The number of alkyl halides is 1. The molecular weight excluding hydrogens is 300 g/mol. The van der Waals surface area contributed by atoms with Crippen molar-refractivity contribution in [3.05, 3.63) is 37.4 Å². The van der Waals surface area contributed by atoms with Gasteiger partial charge in [0.05, 0.1) is 11.3 Å². The summed E-state index contributed by atoms with van der Waals surface area (Å²) >= 11 is 9.15. The predicted molar refractivity (Wildman–Crippen MR) is 80.5 cm³/mol. The molecule has 0 aliphatic heterocycles. The number of nitrogens with zero attached hydrogens (tertiary/aromatic N) is 1. The van der Waals surface area contributed by atoms with Gasteiger partial charge in [-0.25, -0.2) is 4.98 Å². The second-order valence-electron chi connectivity index (χ2n) is 4.48. The summed E-state index contributed by atoms with van der Waals surface area (Å²) in [5.41, 5.74) is 2.23. The molecule has 3 heterocycles. The number of H-pyrrole nitrogens is 1. The van der Waals surface area contributed by atoms with Gasteiger partial charge in [-0.2, -0.15) is 0 Å². The fourth-order valence-corrected chi connectivity index (χ4v) is 4.82. The van der Waals surface area contributed by atoms with E-state index in [2.05, 4.69) is 21.4 Å². The maximum atomic E-state index is 12.3. The van der Waals surface area contributed by atoms with E-state index in [0.717, 1.165) is 28.6 Å². The first-order valence-electron chi connectivity index (χ1n) is 5.95. The molecule has 0 spiro atoms. The number of thiophene rings is 2. The van der Waals surface area contributed by atoms with E-state index in [4.69, 9.17) is 11.6 Å². The van der Waals surface area contributed by atoms with Gasteiger partial charge in [0.15, 0.2) is 0 Å². The van der Waals surface area contributed by atoms with E-state index in [1.54, 1.807) is 22.7 Å². The van der Waals surface area contributed by atoms with Crippen LogP contribution in [0, 0.1) is 0 Å². The molecule has 0 amide bonds. The lowest BCUT2D eigenvalue weighted by Gasteiger charge is -2.11. The SMILES string of the molecule is O=c1[nH]c(CCl)nc2sc3c(c12)-c1ccsc1CC3. The third kappa shape index (κ3) is 1.62. The van der Waals surface area contributed by atoms with Crippen LogP contribution < -0.4 is 5.56 Å². The Hall–Kier alpha value is -1.17. The van der Waals surface area contributed by atoms with Crippen molar-refractivity contribution in [2.45, 2.75) is 18.7 Å². The number of fused-ring (bicyclic) bond motifs is 5. The van der Waals surface area contributed by atoms with Gasteiger partial charge in [0, 0.05) is 15.3 Å². The number of nitrogens with one attached hydrogen (secondary N) is 1. The zero-order chi connectivity index (χ0) is 13.0. The summed E-state index contributed by atoms with van der Waals surface area (Å²) in [5, 5.41) is 2.83. The minimum Gasteiger partial charge on any atom is -0.309 e. The van der Waals surface area contributed by atoms with Crippen LogP contribution in [0.4, 0.5) is 0 Å². The van der Waals surface area contributed by atoms with Crippen LogP contribution in [0.1, 0.15) is 15.6 Å². The molecule has 0 radical (unpaired) electrons. The van der Waals surface area contributed by atoms with Crippen LogP contribution in [0.5, 0.6) is 0 Å². The summed E-state index contributed by atoms with van der Waals surface area (Å²) in [6.45, 7) is 0. The fourth-order valence-electron chi connectivity index (χ4n) is 2.61. The molecule has 1 N–H and O–H groups in total. The first-order valence-corrected chi connectivity index (χ1v) is 8.18. The predicted octanol–water partition coefficient (Wildman–Crippen LogP) is 3.55. The van der Waals surface area contributed by atoms with Crippen LogP contribution in [0.15, 0.2) is 16.2 Å². The summed E-state index contributed by atoms with van der Waals surface area (Å²) in [6, 6.07) is 2.11. The van der Waals surface area contributed by atoms with Crippen molar-refractivity contribution in [3.63, 3.8) is 0 Å². The topological polar surface area (TPSA) is 45.8 Å². The van der Waals surface area contributed by atoms with E-state index < -0.39 is 0 Å². The number of hydrogen-bond acceptors (Lipinski definition) is 4. The Morgan fingerprint density at radius 3 is 3.05 bits per heavy atom. The normalized spacial score (nSPS) is 13.5. The second-order valence-corrected chi connectivity index (χ2v) is 6.84. The molecule has 0 saturated carbocycles. The third-order valence-corrected chi connectivity index (χ3v) is 5.78. The van der Waals surface area contributed by atoms with E-state index in [-0.39, 0.29) is 11.4 Å². The van der Waals surface area contributed by atoms with Gasteiger partial charge in [0.2, 0.25) is 0 Å². The van der Waals surface area contributed by atoms with E-state index in [9.17, 15) is 4.79 Å². The number of aromatic amines is 1. The highest BCUT2D eigenvalue weighted by atomic mass is 35.5. The molecule has 0 bridgehead atoms. The van der Waals surface area contributed by atoms with Crippen molar-refractivity contribution in [1.29, 1.82) is 0 Å². The van der Waals surface area contributed by atoms with Crippen molar-refractivity contribution in [3.8, 4) is 11.1 Å². The van der Waals surface area contributed by atoms with Crippen LogP contribution >= 0.6 is 34.3 Å². The van der Waals surface area contributed by atoms with Crippen molar-refractivity contribution >= 4 is 44.5 Å². The molecule has 0 unspecified atom stereocenters. The minimum atomic E-state index is -0.0720. The average molecular weight is 309 g/mol. The van der Waals surface area contributed by atoms with Crippen molar-refractivity contribution in [2.24, 2.45) is 0 Å². The Labute approximate surface area is 121 Å². The molecule has 3 aromatic heterocycles. The number of rotatable bonds is 1. The van der Waals surface area contributed by atoms with Crippen LogP contribution in [-0.2, 0) is 18.7 Å². The smallest absolute Gasteiger partial charge is 0.260 e. The molecule has 19 heavy (non-hydrogen) atoms. The molecule has 6 heteroatoms. The molecular formula is C13H9ClN2OS2. The molecule has 1 aliphatic rings. The van der Waals surface area contributed by atoms with Gasteiger partial charge in [-0.15, -0.1) is 34.3 Å². The molecule has 1 aliphatic carbocycles. The largest absolute Gasteiger partial charge is 0.309 e. The summed E-state index contributed by atoms with van der Waals surface area (Å²) in [5.74, 6) is 0.778. The van der Waals surface area contributed by atoms with Crippen molar-refractivity contribution in [2.75, 3.05) is 0 Å². The standard InChI is InChI=1S/C13H9ClN2OS2/c14-5-9-15-12(17)11-10-6-3-4-18-7(6)1-2-8(10)19-13(11)16-9/h3-4H,1-2,5H2,(H,15,16,17). The van der Waals surface area contributed by atoms with Gasteiger partial charge in [0.1, 0.15) is 10.7 Å². The average Bonchev–Trinajstić information content (AvgIpc) is 3.00. The number of aromatic nitrogens is 2. The monoisotopic (exact) mass is 308 g/mol. The van der Waals surface area contributed by atoms with Gasteiger partial charge >= 0.3 is 0 Å². The molecule has 3 nitrogen and oxygen atoms in total. The lowest BCUT2D eigenvalue weighted by molar-refractivity contribution is 0.988. The number of aryl methyl sites for hydroxylation is 2. The van der Waals surface area contributed by atoms with E-state index in [1.807, 2.05) is 0 Å². The molecule has 0 aromatic carbocycles. The maximum Gasteiger partial charge on any atom is 0.260 e. The highest BCUT2D eigenvalue weighted by Gasteiger charge is 2.24. The van der Waals surface area contributed by atoms with Gasteiger partial charge < -0.3 is 4.98 Å². The number of hydrogen-bond donors (Lipinski definition) is 1. The third-order valence-electron chi connectivity index (χ3n) is 3.40. The van der Waals surface area contributed by atoms with Crippen molar-refractivity contribution in [1.82, 2.24) is 9.97 Å². The van der Waals surface area contributed by atoms with Crippen LogP contribution in [-0.4, -0.2) is 9.97 Å². The quantitative estimate of drug-likeness (QED) is 0.699. The first-order chi connectivity index (χ1) is 9.28. The molecule has 0 saturated heterocycles. The molecule has 3 aromatic rings. The minimum absolute atomic E-state index is 0.0720.